The zero-order chi connectivity index (χ0) is 17.5. The van der Waals surface area contributed by atoms with Gasteiger partial charge in [0.25, 0.3) is 0 Å². The van der Waals surface area contributed by atoms with Gasteiger partial charge in [-0.1, -0.05) is 12.5 Å². The Morgan fingerprint density at radius 2 is 1.79 bits per heavy atom. The lowest BCUT2D eigenvalue weighted by molar-refractivity contribution is -0.0135. The number of benzene rings is 1. The van der Waals surface area contributed by atoms with Crippen LogP contribution in [0.5, 0.6) is 11.5 Å². The fourth-order valence-electron chi connectivity index (χ4n) is 3.41. The van der Waals surface area contributed by atoms with Gasteiger partial charge in [-0.05, 0) is 44.4 Å². The highest BCUT2D eigenvalue weighted by Gasteiger charge is 2.26. The van der Waals surface area contributed by atoms with E-state index in [1.165, 1.54) is 19.3 Å². The normalized spacial score (nSPS) is 23.0. The van der Waals surface area contributed by atoms with Gasteiger partial charge in [0.15, 0.2) is 11.5 Å². The third-order valence-electron chi connectivity index (χ3n) is 4.82. The Labute approximate surface area is 145 Å². The Morgan fingerprint density at radius 1 is 1.12 bits per heavy atom. The SMILES string of the molecule is COc1ccc(COCC(O)CN2C(C)CCCC2C)cc1OC. The van der Waals surface area contributed by atoms with Gasteiger partial charge in [0, 0.05) is 18.6 Å². The molecule has 3 atom stereocenters. The van der Waals surface area contributed by atoms with E-state index in [9.17, 15) is 5.11 Å². The van der Waals surface area contributed by atoms with Gasteiger partial charge in [0.05, 0.1) is 33.5 Å². The zero-order valence-corrected chi connectivity index (χ0v) is 15.3. The monoisotopic (exact) mass is 337 g/mol. The number of likely N-dealkylation sites (tertiary alicyclic amines) is 1. The van der Waals surface area contributed by atoms with Crippen LogP contribution < -0.4 is 9.47 Å². The highest BCUT2D eigenvalue weighted by Crippen LogP contribution is 2.28. The first-order valence-corrected chi connectivity index (χ1v) is 8.77. The van der Waals surface area contributed by atoms with Crippen LogP contribution in [0.1, 0.15) is 38.7 Å². The summed E-state index contributed by atoms with van der Waals surface area (Å²) in [5.74, 6) is 1.39. The second-order valence-electron chi connectivity index (χ2n) is 6.68. The lowest BCUT2D eigenvalue weighted by atomic mass is 9.97. The maximum absolute atomic E-state index is 10.3. The van der Waals surface area contributed by atoms with E-state index >= 15 is 0 Å². The Kier molecular flexibility index (Phi) is 7.34. The molecule has 0 spiro atoms. The molecular formula is C19H31NO4. The molecule has 1 N–H and O–H groups in total. The minimum Gasteiger partial charge on any atom is -0.493 e. The number of aliphatic hydroxyl groups is 1. The summed E-state index contributed by atoms with van der Waals surface area (Å²) in [6, 6.07) is 6.79. The van der Waals surface area contributed by atoms with E-state index in [1.807, 2.05) is 18.2 Å². The molecule has 0 radical (unpaired) electrons. The highest BCUT2D eigenvalue weighted by molar-refractivity contribution is 5.42. The van der Waals surface area contributed by atoms with Gasteiger partial charge >= 0.3 is 0 Å². The molecule has 1 heterocycles. The smallest absolute Gasteiger partial charge is 0.161 e. The molecule has 5 heteroatoms. The number of β-amino-alcohol motifs (C(OH)–C–C–N with tert-alkyl or cyclic N) is 1. The van der Waals surface area contributed by atoms with E-state index < -0.39 is 6.10 Å². The third kappa shape index (κ3) is 5.10. The van der Waals surface area contributed by atoms with Crippen molar-refractivity contribution in [2.24, 2.45) is 0 Å². The minimum atomic E-state index is -0.465. The van der Waals surface area contributed by atoms with Gasteiger partial charge in [-0.15, -0.1) is 0 Å². The second kappa shape index (κ2) is 9.25. The molecule has 3 unspecified atom stereocenters. The number of nitrogens with zero attached hydrogens (tertiary/aromatic N) is 1. The van der Waals surface area contributed by atoms with Crippen LogP contribution in [0.25, 0.3) is 0 Å². The fourth-order valence-corrected chi connectivity index (χ4v) is 3.41. The number of piperidine rings is 1. The number of aliphatic hydroxyl groups excluding tert-OH is 1. The van der Waals surface area contributed by atoms with Crippen molar-refractivity contribution in [1.29, 1.82) is 0 Å². The van der Waals surface area contributed by atoms with Crippen molar-refractivity contribution in [2.75, 3.05) is 27.4 Å². The molecular weight excluding hydrogens is 306 g/mol. The molecule has 1 aromatic carbocycles. The number of hydrogen-bond donors (Lipinski definition) is 1. The predicted molar refractivity (Wildman–Crippen MR) is 94.7 cm³/mol. The molecule has 1 aliphatic rings. The molecule has 1 aliphatic heterocycles. The summed E-state index contributed by atoms with van der Waals surface area (Å²) in [4.78, 5) is 2.40. The predicted octanol–water partition coefficient (Wildman–Crippen LogP) is 2.84. The number of ether oxygens (including phenoxy) is 3. The van der Waals surface area contributed by atoms with Crippen molar-refractivity contribution in [3.8, 4) is 11.5 Å². The second-order valence-corrected chi connectivity index (χ2v) is 6.68. The summed E-state index contributed by atoms with van der Waals surface area (Å²) in [6.07, 6.45) is 3.24. The summed E-state index contributed by atoms with van der Waals surface area (Å²) in [5.41, 5.74) is 1.000. The average Bonchev–Trinajstić information content (AvgIpc) is 2.58. The summed E-state index contributed by atoms with van der Waals surface area (Å²) in [6.45, 7) is 5.95. The molecule has 0 aromatic heterocycles. The van der Waals surface area contributed by atoms with Gasteiger partial charge in [-0.25, -0.2) is 0 Å². The quantitative estimate of drug-likeness (QED) is 0.790. The molecule has 0 saturated carbocycles. The van der Waals surface area contributed by atoms with Crippen LogP contribution in [0.3, 0.4) is 0 Å². The van der Waals surface area contributed by atoms with Crippen molar-refractivity contribution in [3.63, 3.8) is 0 Å². The Bertz CT molecular complexity index is 498. The summed E-state index contributed by atoms with van der Waals surface area (Å²) < 4.78 is 16.2. The zero-order valence-electron chi connectivity index (χ0n) is 15.3. The molecule has 2 rings (SSSR count). The van der Waals surface area contributed by atoms with Crippen molar-refractivity contribution in [3.05, 3.63) is 23.8 Å². The van der Waals surface area contributed by atoms with Crippen LogP contribution >= 0.6 is 0 Å². The average molecular weight is 337 g/mol. The first kappa shape index (κ1) is 19.0. The van der Waals surface area contributed by atoms with Crippen LogP contribution in [0, 0.1) is 0 Å². The van der Waals surface area contributed by atoms with E-state index in [0.29, 0.717) is 43.3 Å². The number of rotatable bonds is 8. The van der Waals surface area contributed by atoms with Gasteiger partial charge in [0.2, 0.25) is 0 Å². The van der Waals surface area contributed by atoms with Crippen LogP contribution in [-0.2, 0) is 11.3 Å². The maximum Gasteiger partial charge on any atom is 0.161 e. The summed E-state index contributed by atoms with van der Waals surface area (Å²) in [5, 5.41) is 10.3. The standard InChI is InChI=1S/C19H31NO4/c1-14-6-5-7-15(2)20(14)11-17(21)13-24-12-16-8-9-18(22-3)19(10-16)23-4/h8-10,14-15,17,21H,5-7,11-13H2,1-4H3. The Morgan fingerprint density at radius 3 is 2.42 bits per heavy atom. The fraction of sp³-hybridized carbons (Fsp3) is 0.684. The van der Waals surface area contributed by atoms with Crippen molar-refractivity contribution in [2.45, 2.75) is 57.9 Å². The van der Waals surface area contributed by atoms with Gasteiger partial charge in [0.1, 0.15) is 0 Å². The maximum atomic E-state index is 10.3. The molecule has 136 valence electrons. The third-order valence-corrected chi connectivity index (χ3v) is 4.82. The van der Waals surface area contributed by atoms with Crippen LogP contribution in [0.4, 0.5) is 0 Å². The van der Waals surface area contributed by atoms with E-state index in [4.69, 9.17) is 14.2 Å². The van der Waals surface area contributed by atoms with Crippen LogP contribution in [0.2, 0.25) is 0 Å². The van der Waals surface area contributed by atoms with Gasteiger partial charge in [-0.3, -0.25) is 4.90 Å². The van der Waals surface area contributed by atoms with Crippen molar-refractivity contribution >= 4 is 0 Å². The van der Waals surface area contributed by atoms with Gasteiger partial charge in [-0.2, -0.15) is 0 Å². The van der Waals surface area contributed by atoms with E-state index in [2.05, 4.69) is 18.7 Å². The molecule has 0 aliphatic carbocycles. The Hall–Kier alpha value is -1.30. The molecule has 24 heavy (non-hydrogen) atoms. The Balaban J connectivity index is 1.79. The molecule has 5 nitrogen and oxygen atoms in total. The van der Waals surface area contributed by atoms with Crippen molar-refractivity contribution < 1.29 is 19.3 Å². The molecule has 0 amide bonds. The highest BCUT2D eigenvalue weighted by atomic mass is 16.5. The molecule has 1 fully saturated rings. The lowest BCUT2D eigenvalue weighted by Crippen LogP contribution is -2.48. The largest absolute Gasteiger partial charge is 0.493 e. The van der Waals surface area contributed by atoms with Crippen LogP contribution in [-0.4, -0.2) is 55.6 Å². The summed E-state index contributed by atoms with van der Waals surface area (Å²) in [7, 11) is 3.24. The molecule has 1 aromatic rings. The molecule has 0 bridgehead atoms. The number of hydrogen-bond acceptors (Lipinski definition) is 5. The lowest BCUT2D eigenvalue weighted by Gasteiger charge is -2.40. The first-order chi connectivity index (χ1) is 11.5. The van der Waals surface area contributed by atoms with E-state index in [-0.39, 0.29) is 0 Å². The minimum absolute atomic E-state index is 0.338. The van der Waals surface area contributed by atoms with Crippen LogP contribution in [0.15, 0.2) is 18.2 Å². The van der Waals surface area contributed by atoms with Gasteiger partial charge < -0.3 is 19.3 Å². The molecule has 1 saturated heterocycles. The van der Waals surface area contributed by atoms with E-state index in [1.54, 1.807) is 14.2 Å². The topological polar surface area (TPSA) is 51.2 Å². The first-order valence-electron chi connectivity index (χ1n) is 8.77. The summed E-state index contributed by atoms with van der Waals surface area (Å²) >= 11 is 0. The van der Waals surface area contributed by atoms with E-state index in [0.717, 1.165) is 5.56 Å². The number of methoxy groups -OCH3 is 2. The van der Waals surface area contributed by atoms with Crippen molar-refractivity contribution in [1.82, 2.24) is 4.90 Å².